The van der Waals surface area contributed by atoms with Crippen LogP contribution in [0.25, 0.3) is 0 Å². The lowest BCUT2D eigenvalue weighted by atomic mass is 10.1. The summed E-state index contributed by atoms with van der Waals surface area (Å²) < 4.78 is 5.66. The number of carboxylic acids is 1. The van der Waals surface area contributed by atoms with E-state index in [-0.39, 0.29) is 12.0 Å². The Morgan fingerprint density at radius 1 is 1.47 bits per heavy atom. The third-order valence-electron chi connectivity index (χ3n) is 2.71. The molecule has 1 unspecified atom stereocenters. The van der Waals surface area contributed by atoms with Crippen molar-refractivity contribution < 1.29 is 19.4 Å². The van der Waals surface area contributed by atoms with Crippen molar-refractivity contribution in [2.45, 2.75) is 32.8 Å². The van der Waals surface area contributed by atoms with Crippen LogP contribution in [0.2, 0.25) is 0 Å². The Morgan fingerprint density at radius 2 is 2.11 bits per heavy atom. The molecule has 3 N–H and O–H groups in total. The van der Waals surface area contributed by atoms with Gasteiger partial charge in [-0.05, 0) is 31.0 Å². The zero-order valence-electron chi connectivity index (χ0n) is 10.8. The van der Waals surface area contributed by atoms with Gasteiger partial charge in [0.2, 0.25) is 0 Å². The van der Waals surface area contributed by atoms with E-state index in [0.29, 0.717) is 22.1 Å². The molecule has 1 aromatic carbocycles. The van der Waals surface area contributed by atoms with Crippen LogP contribution >= 0.6 is 15.9 Å². The summed E-state index contributed by atoms with van der Waals surface area (Å²) in [5, 5.41) is 8.97. The summed E-state index contributed by atoms with van der Waals surface area (Å²) in [5.41, 5.74) is 7.05. The average molecular weight is 330 g/mol. The van der Waals surface area contributed by atoms with Crippen LogP contribution < -0.4 is 5.73 Å². The van der Waals surface area contributed by atoms with Gasteiger partial charge in [-0.25, -0.2) is 9.59 Å². The van der Waals surface area contributed by atoms with Crippen molar-refractivity contribution in [3.05, 3.63) is 27.7 Å². The van der Waals surface area contributed by atoms with E-state index in [9.17, 15) is 9.59 Å². The van der Waals surface area contributed by atoms with Crippen LogP contribution in [0.1, 0.15) is 35.7 Å². The number of aliphatic carboxylic acids is 1. The highest BCUT2D eigenvalue weighted by molar-refractivity contribution is 9.10. The van der Waals surface area contributed by atoms with Gasteiger partial charge in [0.05, 0.1) is 5.56 Å². The monoisotopic (exact) mass is 329 g/mol. The summed E-state index contributed by atoms with van der Waals surface area (Å²) in [6, 6.07) is 3.24. The molecule has 0 aliphatic heterocycles. The summed E-state index contributed by atoms with van der Waals surface area (Å²) in [4.78, 5) is 23.0. The summed E-state index contributed by atoms with van der Waals surface area (Å²) in [7, 11) is 0. The first-order valence-electron chi connectivity index (χ1n) is 5.86. The number of carboxylic acid groups (broad SMARTS) is 1. The lowest BCUT2D eigenvalue weighted by Crippen LogP contribution is -2.27. The van der Waals surface area contributed by atoms with Crippen LogP contribution in [0.5, 0.6) is 0 Å². The maximum atomic E-state index is 12.0. The Hall–Kier alpha value is -1.56. The summed E-state index contributed by atoms with van der Waals surface area (Å²) in [6.45, 7) is 3.51. The van der Waals surface area contributed by atoms with E-state index in [0.717, 1.165) is 0 Å². The number of ether oxygens (including phenoxy) is 1. The predicted molar refractivity (Wildman–Crippen MR) is 75.0 cm³/mol. The molecule has 0 bridgehead atoms. The van der Waals surface area contributed by atoms with Crippen molar-refractivity contribution in [3.8, 4) is 0 Å². The van der Waals surface area contributed by atoms with Gasteiger partial charge in [0.25, 0.3) is 0 Å². The number of esters is 1. The highest BCUT2D eigenvalue weighted by atomic mass is 79.9. The van der Waals surface area contributed by atoms with E-state index in [4.69, 9.17) is 15.6 Å². The molecule has 1 atom stereocenters. The van der Waals surface area contributed by atoms with Gasteiger partial charge in [-0.3, -0.25) is 0 Å². The molecule has 0 aliphatic rings. The number of halogens is 1. The van der Waals surface area contributed by atoms with Crippen LogP contribution in [-0.2, 0) is 9.53 Å². The minimum Gasteiger partial charge on any atom is -0.479 e. The molecule has 6 heteroatoms. The molecule has 0 heterocycles. The number of carbonyl (C=O) groups is 2. The molecule has 1 rings (SSSR count). The SMILES string of the molecule is CCCC(OC(=O)c1cc(Br)cc(N)c1C)C(=O)O. The van der Waals surface area contributed by atoms with Gasteiger partial charge in [0.15, 0.2) is 6.10 Å². The second-order valence-electron chi connectivity index (χ2n) is 4.19. The minimum atomic E-state index is -1.14. The number of benzene rings is 1. The van der Waals surface area contributed by atoms with E-state index >= 15 is 0 Å². The van der Waals surface area contributed by atoms with Gasteiger partial charge in [0.1, 0.15) is 0 Å². The molecule has 5 nitrogen and oxygen atoms in total. The molecule has 0 saturated carbocycles. The van der Waals surface area contributed by atoms with Gasteiger partial charge >= 0.3 is 11.9 Å². The van der Waals surface area contributed by atoms with Crippen molar-refractivity contribution in [1.82, 2.24) is 0 Å². The third-order valence-corrected chi connectivity index (χ3v) is 3.17. The van der Waals surface area contributed by atoms with Gasteiger partial charge in [-0.1, -0.05) is 29.3 Å². The highest BCUT2D eigenvalue weighted by Crippen LogP contribution is 2.24. The number of nitrogens with two attached hydrogens (primary N) is 1. The molecule has 1 aromatic rings. The maximum Gasteiger partial charge on any atom is 0.345 e. The van der Waals surface area contributed by atoms with Crippen LogP contribution in [0.4, 0.5) is 5.69 Å². The van der Waals surface area contributed by atoms with Crippen molar-refractivity contribution >= 4 is 33.6 Å². The predicted octanol–water partition coefficient (Wildman–Crippen LogP) is 2.75. The summed E-state index contributed by atoms with van der Waals surface area (Å²) in [5.74, 6) is -1.82. The van der Waals surface area contributed by atoms with Crippen molar-refractivity contribution in [3.63, 3.8) is 0 Å². The lowest BCUT2D eigenvalue weighted by molar-refractivity contribution is -0.147. The first kappa shape index (κ1) is 15.5. The van der Waals surface area contributed by atoms with Gasteiger partial charge < -0.3 is 15.6 Å². The first-order chi connectivity index (χ1) is 8.86. The van der Waals surface area contributed by atoms with E-state index in [1.807, 2.05) is 6.92 Å². The Kier molecular flexibility index (Phi) is 5.35. The number of hydrogen-bond donors (Lipinski definition) is 2. The van der Waals surface area contributed by atoms with Crippen molar-refractivity contribution in [1.29, 1.82) is 0 Å². The highest BCUT2D eigenvalue weighted by Gasteiger charge is 2.23. The van der Waals surface area contributed by atoms with Gasteiger partial charge in [-0.15, -0.1) is 0 Å². The fraction of sp³-hybridized carbons (Fsp3) is 0.385. The molecule has 104 valence electrons. The van der Waals surface area contributed by atoms with Gasteiger partial charge in [0, 0.05) is 10.2 Å². The molecule has 0 fully saturated rings. The van der Waals surface area contributed by atoms with Crippen LogP contribution in [0.3, 0.4) is 0 Å². The fourth-order valence-electron chi connectivity index (χ4n) is 1.60. The fourth-order valence-corrected chi connectivity index (χ4v) is 2.08. The van der Waals surface area contributed by atoms with Crippen molar-refractivity contribution in [2.24, 2.45) is 0 Å². The van der Waals surface area contributed by atoms with Gasteiger partial charge in [-0.2, -0.15) is 0 Å². The normalized spacial score (nSPS) is 11.9. The van der Waals surface area contributed by atoms with E-state index in [1.54, 1.807) is 19.1 Å². The van der Waals surface area contributed by atoms with E-state index < -0.39 is 18.0 Å². The van der Waals surface area contributed by atoms with E-state index in [2.05, 4.69) is 15.9 Å². The third kappa shape index (κ3) is 3.96. The number of carbonyl (C=O) groups excluding carboxylic acids is 1. The first-order valence-corrected chi connectivity index (χ1v) is 6.65. The number of nitrogen functional groups attached to an aromatic ring is 1. The lowest BCUT2D eigenvalue weighted by Gasteiger charge is -2.14. The molecule has 0 radical (unpaired) electrons. The molecule has 0 spiro atoms. The molecular weight excluding hydrogens is 314 g/mol. The number of hydrogen-bond acceptors (Lipinski definition) is 4. The standard InChI is InChI=1S/C13H16BrNO4/c1-3-4-11(12(16)17)19-13(18)9-5-8(14)6-10(15)7(9)2/h5-6,11H,3-4,15H2,1-2H3,(H,16,17). The van der Waals surface area contributed by atoms with Crippen LogP contribution in [-0.4, -0.2) is 23.1 Å². The molecule has 0 aliphatic carbocycles. The summed E-state index contributed by atoms with van der Waals surface area (Å²) >= 11 is 3.24. The molecule has 0 aromatic heterocycles. The molecular formula is C13H16BrNO4. The second kappa shape index (κ2) is 6.56. The smallest absolute Gasteiger partial charge is 0.345 e. The maximum absolute atomic E-state index is 12.0. The van der Waals surface area contributed by atoms with Crippen LogP contribution in [0.15, 0.2) is 16.6 Å². The quantitative estimate of drug-likeness (QED) is 0.640. The van der Waals surface area contributed by atoms with Crippen LogP contribution in [0, 0.1) is 6.92 Å². The Bertz CT molecular complexity index is 502. The number of anilines is 1. The Morgan fingerprint density at radius 3 is 2.63 bits per heavy atom. The molecule has 0 saturated heterocycles. The Balaban J connectivity index is 2.97. The number of rotatable bonds is 5. The molecule has 19 heavy (non-hydrogen) atoms. The zero-order valence-corrected chi connectivity index (χ0v) is 12.4. The summed E-state index contributed by atoms with van der Waals surface area (Å²) in [6.07, 6.45) is -0.231. The topological polar surface area (TPSA) is 89.6 Å². The zero-order chi connectivity index (χ0) is 14.6. The minimum absolute atomic E-state index is 0.272. The van der Waals surface area contributed by atoms with E-state index in [1.165, 1.54) is 0 Å². The Labute approximate surface area is 119 Å². The average Bonchev–Trinajstić information content (AvgIpc) is 2.32. The second-order valence-corrected chi connectivity index (χ2v) is 5.10. The van der Waals surface area contributed by atoms with Crippen molar-refractivity contribution in [2.75, 3.05) is 5.73 Å². The molecule has 0 amide bonds. The largest absolute Gasteiger partial charge is 0.479 e.